The summed E-state index contributed by atoms with van der Waals surface area (Å²) in [6.45, 7) is 4.26. The van der Waals surface area contributed by atoms with Crippen molar-refractivity contribution in [2.45, 2.75) is 26.3 Å². The summed E-state index contributed by atoms with van der Waals surface area (Å²) < 4.78 is 0. The van der Waals surface area contributed by atoms with Crippen molar-refractivity contribution < 1.29 is 4.92 Å². The van der Waals surface area contributed by atoms with Crippen molar-refractivity contribution >= 4 is 11.5 Å². The van der Waals surface area contributed by atoms with E-state index in [0.717, 1.165) is 12.1 Å². The first-order valence-electron chi connectivity index (χ1n) is 5.12. The second-order valence-electron chi connectivity index (χ2n) is 3.77. The fraction of sp³-hybridized carbons (Fsp3) is 0.500. The van der Waals surface area contributed by atoms with Gasteiger partial charge in [0, 0.05) is 24.3 Å². The number of pyridine rings is 1. The zero-order chi connectivity index (χ0) is 12.1. The topological polar surface area (TPSA) is 94.1 Å². The molecule has 1 heterocycles. The van der Waals surface area contributed by atoms with Gasteiger partial charge in [-0.2, -0.15) is 0 Å². The van der Waals surface area contributed by atoms with Crippen molar-refractivity contribution in [3.8, 4) is 0 Å². The maximum absolute atomic E-state index is 10.7. The van der Waals surface area contributed by atoms with E-state index in [-0.39, 0.29) is 11.7 Å². The van der Waals surface area contributed by atoms with Crippen LogP contribution in [0.25, 0.3) is 0 Å². The van der Waals surface area contributed by atoms with Crippen molar-refractivity contribution in [2.75, 3.05) is 11.9 Å². The molecule has 0 amide bonds. The summed E-state index contributed by atoms with van der Waals surface area (Å²) in [6.07, 6.45) is 0.743. The molecule has 0 aliphatic carbocycles. The summed E-state index contributed by atoms with van der Waals surface area (Å²) in [7, 11) is 0. The molecular weight excluding hydrogens is 208 g/mol. The number of rotatable bonds is 5. The third-order valence-electron chi connectivity index (χ3n) is 2.10. The molecule has 0 saturated heterocycles. The molecule has 0 fully saturated rings. The molecule has 16 heavy (non-hydrogen) atoms. The number of anilines is 1. The number of aromatic nitrogens is 1. The van der Waals surface area contributed by atoms with Crippen LogP contribution in [0, 0.1) is 17.0 Å². The highest BCUT2D eigenvalue weighted by Crippen LogP contribution is 2.21. The molecule has 6 nitrogen and oxygen atoms in total. The average Bonchev–Trinajstić information content (AvgIpc) is 2.16. The average molecular weight is 224 g/mol. The summed E-state index contributed by atoms with van der Waals surface area (Å²) in [5.41, 5.74) is 6.33. The number of nitrogens with two attached hydrogens (primary N) is 1. The molecule has 1 aromatic rings. The Hall–Kier alpha value is -1.69. The fourth-order valence-corrected chi connectivity index (χ4v) is 1.25. The summed E-state index contributed by atoms with van der Waals surface area (Å²) in [5.74, 6) is 0.311. The Kier molecular flexibility index (Phi) is 4.19. The number of nitrogens with one attached hydrogen (secondary N) is 1. The minimum atomic E-state index is -0.444. The van der Waals surface area contributed by atoms with Gasteiger partial charge in [0.25, 0.3) is 0 Å². The lowest BCUT2D eigenvalue weighted by Gasteiger charge is -2.08. The minimum absolute atomic E-state index is 0.00438. The molecule has 0 aliphatic heterocycles. The van der Waals surface area contributed by atoms with Gasteiger partial charge in [0.1, 0.15) is 0 Å². The number of hydrogen-bond donors (Lipinski definition) is 2. The van der Waals surface area contributed by atoms with Crippen LogP contribution in [0.1, 0.15) is 19.0 Å². The van der Waals surface area contributed by atoms with Crippen LogP contribution >= 0.6 is 0 Å². The van der Waals surface area contributed by atoms with Crippen LogP contribution in [0.4, 0.5) is 11.5 Å². The van der Waals surface area contributed by atoms with E-state index in [1.165, 1.54) is 6.07 Å². The monoisotopic (exact) mass is 224 g/mol. The van der Waals surface area contributed by atoms with Gasteiger partial charge < -0.3 is 11.1 Å². The third-order valence-corrected chi connectivity index (χ3v) is 2.10. The number of nitrogens with zero attached hydrogens (tertiary/aromatic N) is 2. The van der Waals surface area contributed by atoms with Gasteiger partial charge in [-0.3, -0.25) is 10.1 Å². The Bertz CT molecular complexity index is 379. The van der Waals surface area contributed by atoms with Crippen LogP contribution in [0.3, 0.4) is 0 Å². The smallest absolute Gasteiger partial charge is 0.311 e. The molecule has 1 rings (SSSR count). The zero-order valence-corrected chi connectivity index (χ0v) is 9.43. The normalized spacial score (nSPS) is 12.2. The zero-order valence-electron chi connectivity index (χ0n) is 9.43. The largest absolute Gasteiger partial charge is 0.364 e. The SMILES string of the molecule is Cc1ccc([N+](=O)[O-])c(NCCC(C)N)n1. The van der Waals surface area contributed by atoms with E-state index in [9.17, 15) is 10.1 Å². The van der Waals surface area contributed by atoms with Gasteiger partial charge in [-0.1, -0.05) is 0 Å². The van der Waals surface area contributed by atoms with Gasteiger partial charge in [-0.15, -0.1) is 0 Å². The highest BCUT2D eigenvalue weighted by Gasteiger charge is 2.14. The van der Waals surface area contributed by atoms with Crippen molar-refractivity contribution in [2.24, 2.45) is 5.73 Å². The molecule has 0 radical (unpaired) electrons. The third kappa shape index (κ3) is 3.47. The van der Waals surface area contributed by atoms with Gasteiger partial charge in [-0.05, 0) is 26.3 Å². The van der Waals surface area contributed by atoms with Crippen LogP contribution in [0.2, 0.25) is 0 Å². The van der Waals surface area contributed by atoms with E-state index in [1.54, 1.807) is 13.0 Å². The molecule has 88 valence electrons. The van der Waals surface area contributed by atoms with Gasteiger partial charge in [0.15, 0.2) is 0 Å². The Morgan fingerprint density at radius 3 is 2.88 bits per heavy atom. The first-order chi connectivity index (χ1) is 7.50. The molecular formula is C10H16N4O2. The van der Waals surface area contributed by atoms with Crippen LogP contribution in [-0.4, -0.2) is 22.5 Å². The number of hydrogen-bond acceptors (Lipinski definition) is 5. The van der Waals surface area contributed by atoms with E-state index >= 15 is 0 Å². The summed E-state index contributed by atoms with van der Waals surface area (Å²) in [5, 5.41) is 13.7. The lowest BCUT2D eigenvalue weighted by atomic mass is 10.2. The van der Waals surface area contributed by atoms with Gasteiger partial charge >= 0.3 is 5.69 Å². The van der Waals surface area contributed by atoms with Crippen LogP contribution < -0.4 is 11.1 Å². The molecule has 0 spiro atoms. The summed E-state index contributed by atoms with van der Waals surface area (Å²) >= 11 is 0. The number of nitro groups is 1. The predicted octanol–water partition coefficient (Wildman–Crippen LogP) is 1.45. The molecule has 1 atom stereocenters. The Labute approximate surface area is 94.0 Å². The maximum atomic E-state index is 10.7. The fourth-order valence-electron chi connectivity index (χ4n) is 1.25. The molecule has 3 N–H and O–H groups in total. The molecule has 6 heteroatoms. The predicted molar refractivity (Wildman–Crippen MR) is 62.4 cm³/mol. The highest BCUT2D eigenvalue weighted by molar-refractivity contribution is 5.55. The maximum Gasteiger partial charge on any atom is 0.311 e. The van der Waals surface area contributed by atoms with Crippen LogP contribution in [-0.2, 0) is 0 Å². The van der Waals surface area contributed by atoms with Gasteiger partial charge in [-0.25, -0.2) is 4.98 Å². The molecule has 0 aromatic carbocycles. The summed E-state index contributed by atoms with van der Waals surface area (Å²) in [4.78, 5) is 14.4. The Morgan fingerprint density at radius 1 is 1.62 bits per heavy atom. The van der Waals surface area contributed by atoms with Crippen molar-refractivity contribution in [3.63, 3.8) is 0 Å². The first-order valence-corrected chi connectivity index (χ1v) is 5.12. The van der Waals surface area contributed by atoms with Crippen LogP contribution in [0.15, 0.2) is 12.1 Å². The first kappa shape index (κ1) is 12.4. The molecule has 0 aliphatic rings. The standard InChI is InChI=1S/C10H16N4O2/c1-7(11)5-6-12-10-9(14(15)16)4-3-8(2)13-10/h3-4,7H,5-6,11H2,1-2H3,(H,12,13). The minimum Gasteiger partial charge on any atom is -0.364 e. The van der Waals surface area contributed by atoms with E-state index in [4.69, 9.17) is 5.73 Å². The number of aryl methyl sites for hydroxylation is 1. The molecule has 1 unspecified atom stereocenters. The highest BCUT2D eigenvalue weighted by atomic mass is 16.6. The Morgan fingerprint density at radius 2 is 2.31 bits per heavy atom. The molecule has 1 aromatic heterocycles. The van der Waals surface area contributed by atoms with Crippen molar-refractivity contribution in [1.29, 1.82) is 0 Å². The van der Waals surface area contributed by atoms with Gasteiger partial charge in [0.2, 0.25) is 5.82 Å². The van der Waals surface area contributed by atoms with Crippen molar-refractivity contribution in [3.05, 3.63) is 27.9 Å². The van der Waals surface area contributed by atoms with E-state index in [1.807, 2.05) is 6.92 Å². The molecule has 0 bridgehead atoms. The summed E-state index contributed by atoms with van der Waals surface area (Å²) in [6, 6.07) is 3.14. The van der Waals surface area contributed by atoms with Crippen molar-refractivity contribution in [1.82, 2.24) is 4.98 Å². The lowest BCUT2D eigenvalue weighted by Crippen LogP contribution is -2.19. The van der Waals surface area contributed by atoms with E-state index in [2.05, 4.69) is 10.3 Å². The quantitative estimate of drug-likeness (QED) is 0.583. The van der Waals surface area contributed by atoms with Gasteiger partial charge in [0.05, 0.1) is 4.92 Å². The van der Waals surface area contributed by atoms with E-state index < -0.39 is 4.92 Å². The second kappa shape index (κ2) is 5.41. The molecule has 0 saturated carbocycles. The van der Waals surface area contributed by atoms with Crippen LogP contribution in [0.5, 0.6) is 0 Å². The Balaban J connectivity index is 2.76. The van der Waals surface area contributed by atoms with E-state index in [0.29, 0.717) is 12.4 Å². The second-order valence-corrected chi connectivity index (χ2v) is 3.77. The lowest BCUT2D eigenvalue weighted by molar-refractivity contribution is -0.384.